The van der Waals surface area contributed by atoms with E-state index in [1.54, 1.807) is 53.9 Å². The molecule has 29 heavy (non-hydrogen) atoms. The number of carbonyl (C=O) groups is 2. The summed E-state index contributed by atoms with van der Waals surface area (Å²) in [5.41, 5.74) is 1.50. The lowest BCUT2D eigenvalue weighted by Crippen LogP contribution is -2.11. The van der Waals surface area contributed by atoms with Gasteiger partial charge in [0, 0.05) is 16.6 Å². The fourth-order valence-electron chi connectivity index (χ4n) is 2.49. The molecule has 8 heteroatoms. The first-order chi connectivity index (χ1) is 14.1. The molecular weight excluding hydrogens is 411 g/mol. The third kappa shape index (κ3) is 4.39. The molecule has 2 aromatic carbocycles. The fourth-order valence-corrected chi connectivity index (χ4v) is 3.94. The minimum Gasteiger partial charge on any atom is -0.422 e. The number of benzene rings is 2. The number of hydrogen-bond acceptors (Lipinski definition) is 6. The Morgan fingerprint density at radius 1 is 1.03 bits per heavy atom. The molecule has 0 aliphatic carbocycles. The number of nitrogens with zero attached hydrogens (tertiary/aromatic N) is 1. The molecule has 0 unspecified atom stereocenters. The fraction of sp³-hybridized carbons (Fsp3) is 0. The third-order valence-electron chi connectivity index (χ3n) is 3.92. The molecule has 5 nitrogen and oxygen atoms in total. The standard InChI is InChI=1S/C21H13FN2O3S2/c22-17-4-2-1-3-16(17)20-23-11-18(29-20)21(26)27-15-7-5-14(6-8-15)24-19(25)13-9-10-28-12-13/h1-12H,(H,24,25). The predicted octanol–water partition coefficient (Wildman–Crippen LogP) is 5.48. The van der Waals surface area contributed by atoms with Crippen LogP contribution < -0.4 is 10.1 Å². The van der Waals surface area contributed by atoms with Crippen LogP contribution in [0, 0.1) is 5.82 Å². The van der Waals surface area contributed by atoms with Gasteiger partial charge in [-0.15, -0.1) is 11.3 Å². The van der Waals surface area contributed by atoms with Gasteiger partial charge in [-0.05, 0) is 47.8 Å². The normalized spacial score (nSPS) is 10.5. The van der Waals surface area contributed by atoms with Gasteiger partial charge < -0.3 is 10.1 Å². The number of anilines is 1. The summed E-state index contributed by atoms with van der Waals surface area (Å²) in [6.07, 6.45) is 1.37. The van der Waals surface area contributed by atoms with Crippen LogP contribution in [0.4, 0.5) is 10.1 Å². The van der Waals surface area contributed by atoms with Gasteiger partial charge in [-0.2, -0.15) is 11.3 Å². The molecule has 0 spiro atoms. The van der Waals surface area contributed by atoms with Crippen molar-refractivity contribution in [1.29, 1.82) is 0 Å². The van der Waals surface area contributed by atoms with Gasteiger partial charge in [0.05, 0.1) is 11.8 Å². The highest BCUT2D eigenvalue weighted by Crippen LogP contribution is 2.28. The summed E-state index contributed by atoms with van der Waals surface area (Å²) in [7, 11) is 0. The molecule has 144 valence electrons. The molecule has 2 aromatic heterocycles. The number of hydrogen-bond donors (Lipinski definition) is 1. The SMILES string of the molecule is O=C(Nc1ccc(OC(=O)c2cnc(-c3ccccc3F)s2)cc1)c1ccsc1. The maximum Gasteiger partial charge on any atom is 0.355 e. The van der Waals surface area contributed by atoms with Crippen LogP contribution in [0.2, 0.25) is 0 Å². The van der Waals surface area contributed by atoms with Crippen molar-refractivity contribution < 1.29 is 18.7 Å². The van der Waals surface area contributed by atoms with Crippen LogP contribution in [0.15, 0.2) is 71.6 Å². The molecular formula is C21H13FN2O3S2. The van der Waals surface area contributed by atoms with E-state index in [-0.39, 0.29) is 10.8 Å². The van der Waals surface area contributed by atoms with Crippen molar-refractivity contribution in [2.75, 3.05) is 5.32 Å². The minimum atomic E-state index is -0.583. The van der Waals surface area contributed by atoms with Gasteiger partial charge in [0.2, 0.25) is 0 Å². The van der Waals surface area contributed by atoms with E-state index in [0.717, 1.165) is 11.3 Å². The molecule has 0 aliphatic rings. The average Bonchev–Trinajstić information content (AvgIpc) is 3.42. The Bertz CT molecular complexity index is 1150. The highest BCUT2D eigenvalue weighted by molar-refractivity contribution is 7.16. The number of amides is 1. The van der Waals surface area contributed by atoms with Crippen LogP contribution >= 0.6 is 22.7 Å². The first-order valence-electron chi connectivity index (χ1n) is 8.47. The summed E-state index contributed by atoms with van der Waals surface area (Å²) in [5, 5.41) is 6.76. The zero-order valence-electron chi connectivity index (χ0n) is 14.8. The molecule has 0 saturated heterocycles. The van der Waals surface area contributed by atoms with E-state index in [0.29, 0.717) is 27.6 Å². The van der Waals surface area contributed by atoms with Crippen molar-refractivity contribution >= 4 is 40.2 Å². The van der Waals surface area contributed by atoms with Gasteiger partial charge >= 0.3 is 5.97 Å². The van der Waals surface area contributed by atoms with Gasteiger partial charge in [-0.25, -0.2) is 14.2 Å². The van der Waals surface area contributed by atoms with Crippen LogP contribution in [-0.2, 0) is 0 Å². The number of esters is 1. The van der Waals surface area contributed by atoms with Crippen LogP contribution in [0.5, 0.6) is 5.75 Å². The number of thiazole rings is 1. The van der Waals surface area contributed by atoms with E-state index >= 15 is 0 Å². The van der Waals surface area contributed by atoms with Gasteiger partial charge in [-0.3, -0.25) is 4.79 Å². The Morgan fingerprint density at radius 3 is 2.55 bits per heavy atom. The lowest BCUT2D eigenvalue weighted by molar-refractivity contribution is 0.0739. The lowest BCUT2D eigenvalue weighted by Gasteiger charge is -2.06. The number of ether oxygens (including phenoxy) is 1. The van der Waals surface area contributed by atoms with Crippen LogP contribution in [0.25, 0.3) is 10.6 Å². The Hall–Kier alpha value is -3.36. The first kappa shape index (κ1) is 19.0. The van der Waals surface area contributed by atoms with Crippen LogP contribution in [0.3, 0.4) is 0 Å². The van der Waals surface area contributed by atoms with Gasteiger partial charge in [0.15, 0.2) is 0 Å². The van der Waals surface area contributed by atoms with Crippen molar-refractivity contribution in [1.82, 2.24) is 4.98 Å². The number of rotatable bonds is 5. The van der Waals surface area contributed by atoms with Gasteiger partial charge in [0.1, 0.15) is 21.5 Å². The summed E-state index contributed by atoms with van der Waals surface area (Å²) in [5.74, 6) is -0.868. The van der Waals surface area contributed by atoms with Crippen molar-refractivity contribution in [3.05, 3.63) is 87.8 Å². The van der Waals surface area contributed by atoms with E-state index in [4.69, 9.17) is 4.74 Å². The van der Waals surface area contributed by atoms with E-state index in [1.807, 2.05) is 5.38 Å². The van der Waals surface area contributed by atoms with Crippen molar-refractivity contribution in [2.45, 2.75) is 0 Å². The van der Waals surface area contributed by atoms with Crippen molar-refractivity contribution in [3.8, 4) is 16.3 Å². The van der Waals surface area contributed by atoms with E-state index < -0.39 is 11.8 Å². The second kappa shape index (κ2) is 8.34. The van der Waals surface area contributed by atoms with Crippen molar-refractivity contribution in [3.63, 3.8) is 0 Å². The number of nitrogens with one attached hydrogen (secondary N) is 1. The Balaban J connectivity index is 1.41. The predicted molar refractivity (Wildman–Crippen MR) is 111 cm³/mol. The molecule has 1 N–H and O–H groups in total. The van der Waals surface area contributed by atoms with E-state index in [2.05, 4.69) is 10.3 Å². The van der Waals surface area contributed by atoms with E-state index in [1.165, 1.54) is 23.6 Å². The molecule has 0 fully saturated rings. The number of halogens is 1. The highest BCUT2D eigenvalue weighted by Gasteiger charge is 2.16. The third-order valence-corrected chi connectivity index (χ3v) is 5.61. The summed E-state index contributed by atoms with van der Waals surface area (Å²) in [6.45, 7) is 0. The molecule has 4 rings (SSSR count). The van der Waals surface area contributed by atoms with Crippen LogP contribution in [-0.4, -0.2) is 16.9 Å². The second-order valence-electron chi connectivity index (χ2n) is 5.89. The molecule has 4 aromatic rings. The van der Waals surface area contributed by atoms with Crippen LogP contribution in [0.1, 0.15) is 20.0 Å². The molecule has 0 aliphatic heterocycles. The second-order valence-corrected chi connectivity index (χ2v) is 7.70. The highest BCUT2D eigenvalue weighted by atomic mass is 32.1. The summed E-state index contributed by atoms with van der Waals surface area (Å²) in [4.78, 5) is 28.8. The lowest BCUT2D eigenvalue weighted by atomic mass is 10.2. The number of carbonyl (C=O) groups excluding carboxylic acids is 2. The number of thiophene rings is 1. The topological polar surface area (TPSA) is 68.3 Å². The summed E-state index contributed by atoms with van der Waals surface area (Å²) in [6, 6.07) is 14.4. The molecule has 2 heterocycles. The largest absolute Gasteiger partial charge is 0.422 e. The molecule has 0 radical (unpaired) electrons. The average molecular weight is 424 g/mol. The maximum absolute atomic E-state index is 13.9. The number of aromatic nitrogens is 1. The maximum atomic E-state index is 13.9. The van der Waals surface area contributed by atoms with E-state index in [9.17, 15) is 14.0 Å². The Morgan fingerprint density at radius 2 is 1.83 bits per heavy atom. The monoisotopic (exact) mass is 424 g/mol. The van der Waals surface area contributed by atoms with Gasteiger partial charge in [0.25, 0.3) is 5.91 Å². The smallest absolute Gasteiger partial charge is 0.355 e. The quantitative estimate of drug-likeness (QED) is 0.340. The zero-order valence-corrected chi connectivity index (χ0v) is 16.4. The Kier molecular flexibility index (Phi) is 5.46. The molecule has 0 saturated carbocycles. The molecule has 0 atom stereocenters. The Labute approximate surface area is 173 Å². The first-order valence-corrected chi connectivity index (χ1v) is 10.2. The zero-order chi connectivity index (χ0) is 20.2. The summed E-state index contributed by atoms with van der Waals surface area (Å²) >= 11 is 2.50. The molecule has 1 amide bonds. The summed E-state index contributed by atoms with van der Waals surface area (Å²) < 4.78 is 19.2. The van der Waals surface area contributed by atoms with Crippen molar-refractivity contribution in [2.24, 2.45) is 0 Å². The molecule has 0 bridgehead atoms. The van der Waals surface area contributed by atoms with Gasteiger partial charge in [-0.1, -0.05) is 12.1 Å². The minimum absolute atomic E-state index is 0.207.